The summed E-state index contributed by atoms with van der Waals surface area (Å²) in [6.45, 7) is 6.67. The largest absolute Gasteiger partial charge is 0.365 e. The molecule has 76 valence electrons. The van der Waals surface area contributed by atoms with E-state index in [1.54, 1.807) is 12.5 Å². The van der Waals surface area contributed by atoms with Crippen molar-refractivity contribution >= 4 is 5.82 Å². The molecular weight excluding hydrogens is 176 g/mol. The maximum Gasteiger partial charge on any atom is 0.129 e. The number of hydrogen-bond acceptors (Lipinski definition) is 4. The fourth-order valence-electron chi connectivity index (χ4n) is 1.61. The molecule has 0 bridgehead atoms. The molecule has 0 aliphatic carbocycles. The maximum absolute atomic E-state index is 4.13. The smallest absolute Gasteiger partial charge is 0.129 e. The Morgan fingerprint density at radius 1 is 1.50 bits per heavy atom. The summed E-state index contributed by atoms with van der Waals surface area (Å²) in [6.07, 6.45) is 3.33. The lowest BCUT2D eigenvalue weighted by atomic mass is 10.1. The van der Waals surface area contributed by atoms with E-state index in [2.05, 4.69) is 34.0 Å². The van der Waals surface area contributed by atoms with Crippen LogP contribution in [0.3, 0.4) is 0 Å². The number of anilines is 1. The van der Waals surface area contributed by atoms with Crippen molar-refractivity contribution in [2.75, 3.05) is 18.4 Å². The molecule has 0 atom stereocenters. The van der Waals surface area contributed by atoms with E-state index in [1.807, 2.05) is 6.07 Å². The molecule has 4 heteroatoms. The zero-order valence-electron chi connectivity index (χ0n) is 8.64. The number of rotatable bonds is 3. The first kappa shape index (κ1) is 9.40. The average Bonchev–Trinajstić information content (AvgIpc) is 2.12. The lowest BCUT2D eigenvalue weighted by molar-refractivity contribution is 0.122. The minimum atomic E-state index is 0.548. The van der Waals surface area contributed by atoms with Gasteiger partial charge in [-0.2, -0.15) is 0 Å². The molecule has 1 saturated heterocycles. The Bertz CT molecular complexity index is 279. The van der Waals surface area contributed by atoms with Crippen molar-refractivity contribution in [3.05, 3.63) is 18.6 Å². The van der Waals surface area contributed by atoms with Crippen LogP contribution in [0.1, 0.15) is 13.8 Å². The molecule has 0 unspecified atom stereocenters. The van der Waals surface area contributed by atoms with Crippen LogP contribution in [-0.4, -0.2) is 40.0 Å². The second kappa shape index (κ2) is 3.92. The normalized spacial score (nSPS) is 18.2. The predicted octanol–water partition coefficient (Wildman–Crippen LogP) is 0.981. The molecule has 0 spiro atoms. The second-order valence-corrected chi connectivity index (χ2v) is 3.98. The van der Waals surface area contributed by atoms with Gasteiger partial charge in [-0.3, -0.25) is 4.90 Å². The second-order valence-electron chi connectivity index (χ2n) is 3.98. The van der Waals surface area contributed by atoms with Crippen molar-refractivity contribution in [1.29, 1.82) is 0 Å². The molecule has 0 radical (unpaired) electrons. The van der Waals surface area contributed by atoms with E-state index in [-0.39, 0.29) is 0 Å². The number of nitrogens with zero attached hydrogens (tertiary/aromatic N) is 3. The zero-order chi connectivity index (χ0) is 9.97. The van der Waals surface area contributed by atoms with Crippen molar-refractivity contribution in [3.8, 4) is 0 Å². The Morgan fingerprint density at radius 3 is 2.86 bits per heavy atom. The van der Waals surface area contributed by atoms with Gasteiger partial charge in [-0.15, -0.1) is 0 Å². The molecule has 0 amide bonds. The molecule has 1 aromatic heterocycles. The van der Waals surface area contributed by atoms with Crippen molar-refractivity contribution in [2.24, 2.45) is 0 Å². The molecule has 1 aliphatic heterocycles. The Balaban J connectivity index is 1.80. The van der Waals surface area contributed by atoms with Crippen LogP contribution in [0.4, 0.5) is 5.82 Å². The number of nitrogens with one attached hydrogen (secondary N) is 1. The van der Waals surface area contributed by atoms with Gasteiger partial charge in [-0.25, -0.2) is 9.97 Å². The molecule has 1 aliphatic rings. The monoisotopic (exact) mass is 192 g/mol. The first-order valence-electron chi connectivity index (χ1n) is 5.02. The van der Waals surface area contributed by atoms with Gasteiger partial charge in [-0.05, 0) is 19.9 Å². The fraction of sp³-hybridized carbons (Fsp3) is 0.600. The van der Waals surface area contributed by atoms with Gasteiger partial charge in [0.05, 0.1) is 6.04 Å². The summed E-state index contributed by atoms with van der Waals surface area (Å²) < 4.78 is 0. The highest BCUT2D eigenvalue weighted by Crippen LogP contribution is 2.15. The van der Waals surface area contributed by atoms with Crippen LogP contribution in [0.25, 0.3) is 0 Å². The van der Waals surface area contributed by atoms with E-state index >= 15 is 0 Å². The third-order valence-corrected chi connectivity index (χ3v) is 2.57. The minimum absolute atomic E-state index is 0.548. The summed E-state index contributed by atoms with van der Waals surface area (Å²) in [5.41, 5.74) is 0. The average molecular weight is 192 g/mol. The van der Waals surface area contributed by atoms with Gasteiger partial charge >= 0.3 is 0 Å². The summed E-state index contributed by atoms with van der Waals surface area (Å²) in [6, 6.07) is 3.10. The maximum atomic E-state index is 4.13. The van der Waals surface area contributed by atoms with Crippen LogP contribution in [0.5, 0.6) is 0 Å². The van der Waals surface area contributed by atoms with E-state index < -0.39 is 0 Å². The molecule has 0 saturated carbocycles. The van der Waals surface area contributed by atoms with Crippen molar-refractivity contribution in [3.63, 3.8) is 0 Å². The first-order chi connectivity index (χ1) is 6.75. The van der Waals surface area contributed by atoms with E-state index in [0.717, 1.165) is 18.9 Å². The summed E-state index contributed by atoms with van der Waals surface area (Å²) in [5, 5.41) is 3.37. The van der Waals surface area contributed by atoms with Gasteiger partial charge in [-0.1, -0.05) is 0 Å². The Morgan fingerprint density at radius 2 is 2.29 bits per heavy atom. The predicted molar refractivity (Wildman–Crippen MR) is 56.2 cm³/mol. The Labute approximate surface area is 84.4 Å². The molecule has 1 aromatic rings. The van der Waals surface area contributed by atoms with E-state index in [1.165, 1.54) is 0 Å². The highest BCUT2D eigenvalue weighted by atomic mass is 15.3. The summed E-state index contributed by atoms with van der Waals surface area (Å²) >= 11 is 0. The van der Waals surface area contributed by atoms with Crippen LogP contribution in [-0.2, 0) is 0 Å². The van der Waals surface area contributed by atoms with Gasteiger partial charge in [0.1, 0.15) is 12.1 Å². The van der Waals surface area contributed by atoms with Crippen LogP contribution in [0, 0.1) is 0 Å². The first-order valence-corrected chi connectivity index (χ1v) is 5.02. The van der Waals surface area contributed by atoms with Gasteiger partial charge < -0.3 is 5.32 Å². The summed E-state index contributed by atoms with van der Waals surface area (Å²) in [5.74, 6) is 0.924. The molecular formula is C10H16N4. The summed E-state index contributed by atoms with van der Waals surface area (Å²) in [7, 11) is 0. The minimum Gasteiger partial charge on any atom is -0.365 e. The van der Waals surface area contributed by atoms with Crippen LogP contribution >= 0.6 is 0 Å². The van der Waals surface area contributed by atoms with Gasteiger partial charge in [0.15, 0.2) is 0 Å². The van der Waals surface area contributed by atoms with Crippen molar-refractivity contribution in [2.45, 2.75) is 25.9 Å². The van der Waals surface area contributed by atoms with Crippen molar-refractivity contribution in [1.82, 2.24) is 14.9 Å². The van der Waals surface area contributed by atoms with Crippen LogP contribution < -0.4 is 5.32 Å². The number of hydrogen-bond donors (Lipinski definition) is 1. The molecule has 14 heavy (non-hydrogen) atoms. The van der Waals surface area contributed by atoms with Gasteiger partial charge in [0.25, 0.3) is 0 Å². The molecule has 1 fully saturated rings. The molecule has 1 N–H and O–H groups in total. The molecule has 2 rings (SSSR count). The quantitative estimate of drug-likeness (QED) is 0.775. The molecule has 0 aromatic carbocycles. The van der Waals surface area contributed by atoms with Crippen LogP contribution in [0.15, 0.2) is 18.6 Å². The number of aromatic nitrogens is 2. The van der Waals surface area contributed by atoms with Gasteiger partial charge in [0.2, 0.25) is 0 Å². The molecule has 4 nitrogen and oxygen atoms in total. The zero-order valence-corrected chi connectivity index (χ0v) is 8.64. The lowest BCUT2D eigenvalue weighted by Crippen LogP contribution is -2.57. The Kier molecular flexibility index (Phi) is 2.63. The topological polar surface area (TPSA) is 41.0 Å². The fourth-order valence-corrected chi connectivity index (χ4v) is 1.61. The third-order valence-electron chi connectivity index (χ3n) is 2.57. The van der Waals surface area contributed by atoms with Crippen LogP contribution in [0.2, 0.25) is 0 Å². The van der Waals surface area contributed by atoms with E-state index in [4.69, 9.17) is 0 Å². The molecule has 2 heterocycles. The standard InChI is InChI=1S/C10H16N4/c1-8(2)14-5-9(6-14)13-10-3-4-11-7-12-10/h3-4,7-9H,5-6H2,1-2H3,(H,11,12,13). The van der Waals surface area contributed by atoms with E-state index in [0.29, 0.717) is 12.1 Å². The highest BCUT2D eigenvalue weighted by Gasteiger charge is 2.28. The van der Waals surface area contributed by atoms with Crippen molar-refractivity contribution < 1.29 is 0 Å². The van der Waals surface area contributed by atoms with Gasteiger partial charge in [0, 0.05) is 25.3 Å². The third kappa shape index (κ3) is 2.01. The Hall–Kier alpha value is -1.16. The van der Waals surface area contributed by atoms with E-state index in [9.17, 15) is 0 Å². The SMILES string of the molecule is CC(C)N1CC(Nc2ccncn2)C1. The lowest BCUT2D eigenvalue weighted by Gasteiger charge is -2.42. The number of likely N-dealkylation sites (tertiary alicyclic amines) is 1. The highest BCUT2D eigenvalue weighted by molar-refractivity contribution is 5.34. The summed E-state index contributed by atoms with van der Waals surface area (Å²) in [4.78, 5) is 10.4.